The number of hydrogen-bond donors (Lipinski definition) is 3. The molecule has 4 fully saturated rings. The second-order valence-electron chi connectivity index (χ2n) is 18.3. The van der Waals surface area contributed by atoms with Gasteiger partial charge in [-0.15, -0.1) is 0 Å². The van der Waals surface area contributed by atoms with E-state index in [-0.39, 0.29) is 52.5 Å². The molecule has 65 heavy (non-hydrogen) atoms. The van der Waals surface area contributed by atoms with Crippen LogP contribution in [0.25, 0.3) is 11.0 Å². The van der Waals surface area contributed by atoms with Gasteiger partial charge < -0.3 is 34.1 Å². The molecule has 5 aromatic rings. The molecule has 3 N–H and O–H groups in total. The van der Waals surface area contributed by atoms with Crippen LogP contribution in [0.2, 0.25) is 0 Å². The van der Waals surface area contributed by atoms with Crippen molar-refractivity contribution in [1.82, 2.24) is 19.6 Å². The van der Waals surface area contributed by atoms with Crippen LogP contribution in [0.4, 0.5) is 21.5 Å². The summed E-state index contributed by atoms with van der Waals surface area (Å²) in [4.78, 5) is 37.1. The highest BCUT2D eigenvalue weighted by atomic mass is 32.2. The molecule has 6 heterocycles. The van der Waals surface area contributed by atoms with E-state index >= 15 is 0 Å². The summed E-state index contributed by atoms with van der Waals surface area (Å²) < 4.78 is 67.8. The molecule has 16 nitrogen and oxygen atoms in total. The molecule has 18 heteroatoms. The Hall–Kier alpha value is -5.82. The quantitative estimate of drug-likeness (QED) is 0.0860. The van der Waals surface area contributed by atoms with Crippen LogP contribution in [-0.4, -0.2) is 98.4 Å². The normalized spacial score (nSPS) is 22.3. The highest BCUT2D eigenvalue weighted by molar-refractivity contribution is 7.90. The van der Waals surface area contributed by atoms with Crippen molar-refractivity contribution >= 4 is 44.0 Å². The van der Waals surface area contributed by atoms with E-state index in [4.69, 9.17) is 18.9 Å². The highest BCUT2D eigenvalue weighted by Crippen LogP contribution is 2.54. The number of sulfonamides is 1. The number of carbonyl (C=O) groups excluding carboxylic acids is 1. The van der Waals surface area contributed by atoms with E-state index < -0.39 is 49.4 Å². The third-order valence-corrected chi connectivity index (χ3v) is 15.3. The number of piperidine rings is 1. The maximum absolute atomic E-state index is 14.6. The van der Waals surface area contributed by atoms with E-state index in [1.54, 1.807) is 12.1 Å². The van der Waals surface area contributed by atoms with Crippen LogP contribution in [0.1, 0.15) is 85.8 Å². The number of ether oxygens (including phenoxy) is 4. The molecule has 2 aromatic heterocycles. The fourth-order valence-corrected chi connectivity index (χ4v) is 11.6. The van der Waals surface area contributed by atoms with Gasteiger partial charge in [0.2, 0.25) is 0 Å². The van der Waals surface area contributed by atoms with Crippen molar-refractivity contribution in [1.29, 1.82) is 0 Å². The molecular weight excluding hydrogens is 858 g/mol. The summed E-state index contributed by atoms with van der Waals surface area (Å²) >= 11 is 0. The number of nitrogens with one attached hydrogen (secondary N) is 3. The monoisotopic (exact) mass is 909 g/mol. The van der Waals surface area contributed by atoms with Gasteiger partial charge in [-0.1, -0.05) is 38.1 Å². The van der Waals surface area contributed by atoms with Crippen LogP contribution >= 0.6 is 0 Å². The van der Waals surface area contributed by atoms with Gasteiger partial charge in [-0.2, -0.15) is 0 Å². The molecule has 0 bridgehead atoms. The number of nitrogens with zero attached hydrogens (tertiary/aromatic N) is 4. The first kappa shape index (κ1) is 43.1. The van der Waals surface area contributed by atoms with Gasteiger partial charge in [0.05, 0.1) is 52.8 Å². The Balaban J connectivity index is 0.869. The van der Waals surface area contributed by atoms with E-state index in [9.17, 15) is 27.7 Å². The molecule has 3 atom stereocenters. The molecule has 10 rings (SSSR count). The summed E-state index contributed by atoms with van der Waals surface area (Å²) in [5, 5.41) is 15.5. The van der Waals surface area contributed by atoms with Gasteiger partial charge in [-0.3, -0.25) is 19.8 Å². The Morgan fingerprint density at radius 1 is 1.06 bits per heavy atom. The fraction of sp³-hybridized carbons (Fsp3) is 0.447. The number of carbonyl (C=O) groups is 1. The smallest absolute Gasteiger partial charge is 0.297 e. The first-order valence-corrected chi connectivity index (χ1v) is 23.9. The Labute approximate surface area is 376 Å². The molecular formula is C47H52FN7O9S. The molecule has 1 amide bonds. The van der Waals surface area contributed by atoms with Crippen molar-refractivity contribution in [3.05, 3.63) is 106 Å². The average molecular weight is 910 g/mol. The number of aromatic amines is 1. The molecule has 1 unspecified atom stereocenters. The topological polar surface area (TPSA) is 190 Å². The van der Waals surface area contributed by atoms with Crippen LogP contribution in [0.3, 0.4) is 0 Å². The number of likely N-dealkylation sites (tertiary alicyclic amines) is 1. The van der Waals surface area contributed by atoms with Crippen molar-refractivity contribution in [3.63, 3.8) is 0 Å². The van der Waals surface area contributed by atoms with Crippen LogP contribution in [-0.2, 0) is 19.5 Å². The molecule has 5 aliphatic rings. The third-order valence-electron chi connectivity index (χ3n) is 14.0. The Kier molecular flexibility index (Phi) is 11.4. The van der Waals surface area contributed by atoms with E-state index in [1.165, 1.54) is 48.5 Å². The first-order valence-electron chi connectivity index (χ1n) is 22.4. The second-order valence-corrected chi connectivity index (χ2v) is 20.0. The fourth-order valence-electron chi connectivity index (χ4n) is 10.6. The van der Waals surface area contributed by atoms with Crippen molar-refractivity contribution in [2.75, 3.05) is 56.3 Å². The van der Waals surface area contributed by atoms with Gasteiger partial charge in [0.15, 0.2) is 11.4 Å². The second kappa shape index (κ2) is 17.2. The summed E-state index contributed by atoms with van der Waals surface area (Å²) in [6.07, 6.45) is 8.85. The maximum Gasteiger partial charge on any atom is 0.297 e. The minimum absolute atomic E-state index is 0.00865. The predicted molar refractivity (Wildman–Crippen MR) is 240 cm³/mol. The number of halogens is 1. The summed E-state index contributed by atoms with van der Waals surface area (Å²) in [5.74, 6) is -1.04. The molecule has 3 aromatic carbocycles. The Morgan fingerprint density at radius 3 is 2.65 bits per heavy atom. The van der Waals surface area contributed by atoms with E-state index in [0.717, 1.165) is 63.1 Å². The number of amides is 1. The summed E-state index contributed by atoms with van der Waals surface area (Å²) in [6, 6.07) is 17.8. The number of fused-ring (bicyclic) bond motifs is 2. The van der Waals surface area contributed by atoms with Crippen LogP contribution in [0.15, 0.2) is 78.0 Å². The third kappa shape index (κ3) is 8.36. The van der Waals surface area contributed by atoms with Crippen molar-refractivity contribution in [3.8, 4) is 17.2 Å². The van der Waals surface area contributed by atoms with Crippen molar-refractivity contribution in [2.45, 2.75) is 87.4 Å². The molecule has 342 valence electrons. The number of benzene rings is 3. The van der Waals surface area contributed by atoms with E-state index in [2.05, 4.69) is 67.9 Å². The number of rotatable bonds is 11. The molecule has 3 saturated heterocycles. The van der Waals surface area contributed by atoms with Gasteiger partial charge in [0.25, 0.3) is 21.6 Å². The number of hydrogen-bond acceptors (Lipinski definition) is 13. The zero-order valence-electron chi connectivity index (χ0n) is 36.3. The van der Waals surface area contributed by atoms with Crippen LogP contribution in [0.5, 0.6) is 17.2 Å². The first-order chi connectivity index (χ1) is 31.3. The number of H-pyrrole nitrogens is 1. The van der Waals surface area contributed by atoms with Gasteiger partial charge >= 0.3 is 0 Å². The lowest BCUT2D eigenvalue weighted by Crippen LogP contribution is -2.54. The van der Waals surface area contributed by atoms with Gasteiger partial charge in [-0.05, 0) is 85.7 Å². The maximum atomic E-state index is 14.6. The zero-order chi connectivity index (χ0) is 45.0. The zero-order valence-corrected chi connectivity index (χ0v) is 37.1. The lowest BCUT2D eigenvalue weighted by molar-refractivity contribution is -0.384. The number of nitro benzene ring substituents is 1. The number of aromatic nitrogens is 2. The number of pyridine rings is 1. The lowest BCUT2D eigenvalue weighted by Gasteiger charge is -2.56. The minimum Gasteiger partial charge on any atom is -0.489 e. The number of anilines is 2. The van der Waals surface area contributed by atoms with Gasteiger partial charge in [0, 0.05) is 55.3 Å². The standard InChI is InChI=1S/C47H52FN7O9S/c1-28(2)33-6-3-4-7-34(33)39-8-5-13-54(39)30-22-47(23-30)11-14-53(15-12-47)29-9-10-35(41(18-29)64-31-19-36-37(48)25-50-45(36)49-24-31)46(56)52-65(59,60)32-20-40(55(57)58)44-42(21-32)63-26-38(51-44)43-27-61-16-17-62-43/h3-4,6-7,9-10,18-21,24-25,28,30,38-39,43,51H,5,8,11-17,22-23,26-27H2,1-2H3,(H,49,50)(H,52,56)/t38?,39-,43+/m0/s1. The Morgan fingerprint density at radius 2 is 1.88 bits per heavy atom. The lowest BCUT2D eigenvalue weighted by atomic mass is 9.59. The van der Waals surface area contributed by atoms with E-state index in [0.29, 0.717) is 36.9 Å². The average Bonchev–Trinajstić information content (AvgIpc) is 3.94. The molecule has 0 radical (unpaired) electrons. The SMILES string of the molecule is CC(C)c1ccccc1[C@@H]1CCCN1C1CC2(CCN(c3ccc(C(=O)NS(=O)(=O)c4cc5c(c([N+](=O)[O-])c4)NC([C@H]4COCCO4)CO5)c(Oc4cnc5[nH]cc(F)c5c4)c3)CC2)C1. The molecule has 4 aliphatic heterocycles. The summed E-state index contributed by atoms with van der Waals surface area (Å²) in [5.41, 5.74) is 3.55. The molecule has 1 spiro atoms. The molecule has 1 aliphatic carbocycles. The molecule has 1 saturated carbocycles. The van der Waals surface area contributed by atoms with Crippen LogP contribution in [0, 0.1) is 21.3 Å². The Bertz CT molecular complexity index is 2750. The summed E-state index contributed by atoms with van der Waals surface area (Å²) in [7, 11) is -4.72. The van der Waals surface area contributed by atoms with Gasteiger partial charge in [-0.25, -0.2) is 22.5 Å². The summed E-state index contributed by atoms with van der Waals surface area (Å²) in [6.45, 7) is 8.31. The minimum atomic E-state index is -4.72. The largest absolute Gasteiger partial charge is 0.489 e. The van der Waals surface area contributed by atoms with Crippen LogP contribution < -0.4 is 24.4 Å². The number of nitro groups is 1. The predicted octanol–water partition coefficient (Wildman–Crippen LogP) is 7.82. The van der Waals surface area contributed by atoms with E-state index in [1.807, 2.05) is 0 Å². The van der Waals surface area contributed by atoms with Crippen molar-refractivity contribution < 1.29 is 41.5 Å². The van der Waals surface area contributed by atoms with Crippen molar-refractivity contribution in [2.24, 2.45) is 5.41 Å². The van der Waals surface area contributed by atoms with Gasteiger partial charge in [0.1, 0.15) is 35.7 Å². The highest BCUT2D eigenvalue weighted by Gasteiger charge is 2.50.